The van der Waals surface area contributed by atoms with Gasteiger partial charge in [0.2, 0.25) is 11.8 Å². The number of benzene rings is 4. The minimum absolute atomic E-state index is 0. The molecule has 1 saturated heterocycles. The zero-order valence-corrected chi connectivity index (χ0v) is 49.3. The lowest BCUT2D eigenvalue weighted by Gasteiger charge is -2.12. The second-order valence-corrected chi connectivity index (χ2v) is 19.4. The van der Waals surface area contributed by atoms with Crippen LogP contribution >= 0.6 is 56.8 Å². The number of ketones is 2. The highest BCUT2D eigenvalue weighted by atomic mass is 127. The fourth-order valence-electron chi connectivity index (χ4n) is 5.87. The average molecular weight is 1380 g/mol. The number of hydrogen-bond donors (Lipinski definition) is 5. The normalized spacial score (nSPS) is 11.3. The number of carbonyl (C=O) groups excluding carboxylic acids is 8. The van der Waals surface area contributed by atoms with Crippen LogP contribution in [0.15, 0.2) is 48.5 Å². The number of anilines is 4. The Kier molecular flexibility index (Phi) is 41.9. The molecule has 1 aliphatic heterocycles. The monoisotopic (exact) mass is 1380 g/mol. The third-order valence-electron chi connectivity index (χ3n) is 9.56. The van der Waals surface area contributed by atoms with Gasteiger partial charge in [0.25, 0.3) is 0 Å². The van der Waals surface area contributed by atoms with E-state index in [0.717, 1.165) is 50.4 Å². The van der Waals surface area contributed by atoms with Crippen molar-refractivity contribution in [1.82, 2.24) is 0 Å². The number of rotatable bonds is 10. The Hall–Kier alpha value is -5.82. The number of nitrogens with one attached hydrogen (secondary N) is 2. The van der Waals surface area contributed by atoms with E-state index in [-0.39, 0.29) is 71.2 Å². The van der Waals surface area contributed by atoms with Crippen molar-refractivity contribution in [3.05, 3.63) is 111 Å². The van der Waals surface area contributed by atoms with E-state index in [9.17, 15) is 46.8 Å². The number of esters is 4. The molecule has 0 bridgehead atoms. The van der Waals surface area contributed by atoms with E-state index in [4.69, 9.17) is 33.1 Å². The van der Waals surface area contributed by atoms with Crippen molar-refractivity contribution in [2.45, 2.75) is 104 Å². The molecule has 5 rings (SSSR count). The molecule has 4 aromatic rings. The molecule has 0 spiro atoms. The molecule has 2 amide bonds. The highest BCUT2D eigenvalue weighted by molar-refractivity contribution is 14.1. The zero-order chi connectivity index (χ0) is 58.1. The number of carbonyl (C=O) groups is 8. The summed E-state index contributed by atoms with van der Waals surface area (Å²) in [6, 6.07) is 13.1. The van der Waals surface area contributed by atoms with Crippen molar-refractivity contribution in [2.24, 2.45) is 0 Å². The van der Waals surface area contributed by atoms with Crippen LogP contribution < -0.4 is 22.1 Å². The molecule has 79 heavy (non-hydrogen) atoms. The van der Waals surface area contributed by atoms with Gasteiger partial charge in [0.15, 0.2) is 11.6 Å². The van der Waals surface area contributed by atoms with Gasteiger partial charge in [-0.2, -0.15) is 8.42 Å². The zero-order valence-electron chi connectivity index (χ0n) is 43.4. The smallest absolute Gasteiger partial charge is 0.426 e. The summed E-state index contributed by atoms with van der Waals surface area (Å²) in [4.78, 5) is 90.4. The maximum Gasteiger partial charge on any atom is 0.426 e. The molecule has 1 unspecified atom stereocenters. The number of hydrogen-bond acceptors (Lipinski definition) is 20. The van der Waals surface area contributed by atoms with Gasteiger partial charge >= 0.3 is 34.3 Å². The largest absolute Gasteiger partial charge is 0.465 e. The second-order valence-electron chi connectivity index (χ2n) is 15.3. The quantitative estimate of drug-likeness (QED) is 0.0144. The number of halogens is 3. The molecule has 0 radical (unpaired) electrons. The number of methoxy groups -OCH3 is 4. The van der Waals surface area contributed by atoms with E-state index >= 15 is 0 Å². The lowest BCUT2D eigenvalue weighted by Crippen LogP contribution is -2.14. The van der Waals surface area contributed by atoms with Crippen LogP contribution in [0.2, 0.25) is 0 Å². The van der Waals surface area contributed by atoms with Crippen molar-refractivity contribution in [2.75, 3.05) is 64.3 Å². The molecule has 1 heterocycles. The first kappa shape index (κ1) is 82.0. The summed E-state index contributed by atoms with van der Waals surface area (Å²) >= 11 is 9.77. The minimum atomic E-state index is -4.10. The Morgan fingerprint density at radius 3 is 1.19 bits per heavy atom. The van der Waals surface area contributed by atoms with Gasteiger partial charge in [-0.1, -0.05) is 45.6 Å². The molecule has 1 aliphatic rings. The van der Waals surface area contributed by atoms with Gasteiger partial charge in [0.1, 0.15) is 5.56 Å². The Morgan fingerprint density at radius 2 is 0.886 bits per heavy atom. The maximum absolute atomic E-state index is 11.6. The molecule has 1 atom stereocenters. The number of nitrogen functional groups attached to an aromatic ring is 2. The van der Waals surface area contributed by atoms with Crippen LogP contribution in [-0.2, 0) is 52.2 Å². The molecule has 7 N–H and O–H groups in total. The molecule has 26 heteroatoms. The van der Waals surface area contributed by atoms with Gasteiger partial charge in [-0.15, -0.1) is 0 Å². The van der Waals surface area contributed by atoms with Gasteiger partial charge in [0.05, 0.1) is 69.2 Å². The van der Waals surface area contributed by atoms with E-state index < -0.39 is 34.3 Å². The summed E-state index contributed by atoms with van der Waals surface area (Å²) in [6.07, 6.45) is 2.16. The molecule has 1 fully saturated rings. The van der Waals surface area contributed by atoms with Crippen molar-refractivity contribution >= 4 is 137 Å². The van der Waals surface area contributed by atoms with E-state index in [1.54, 1.807) is 50.2 Å². The lowest BCUT2D eigenvalue weighted by atomic mass is 10.00. The summed E-state index contributed by atoms with van der Waals surface area (Å²) in [7, 11) is 1.93. The third-order valence-corrected chi connectivity index (χ3v) is 12.8. The standard InChI is InChI=1S/C13H15NO4.C11H12INO3.C11H13NO3.C9H10INO2.C4H7ClO.CH4O5S.4CH4.H2/c1-7-5-12(14-9(3)16)11(13(17)18-4)6-10(7)8(2)15;1-6-4-10(13-7(2)14)8(5-9(6)12)11(15)16-3;1-6-4-10(12)9(11(14)15-3)5-8(6)7(2)13;1-5-3-8(11)6(4-7(5)10)9(12)13-2;5-4-2-1-3-6-4;1-5-7(3,4)6-2;;;;;/h5-6H,1-4H3,(H,14,16);4-5H,1-3H3,(H,13,14);4-5H,12H2,1-3H3;3-4H,11H2,1-2H3;4H,1-3H2;2H,1H3;4*1H4;1H. The topological polar surface area (TPSA) is 332 Å². The number of Topliss-reactive ketones (excluding diaryl/α,β-unsaturated/α-hetero) is 2. The molecule has 22 nitrogen and oxygen atoms in total. The van der Waals surface area contributed by atoms with Crippen molar-refractivity contribution in [1.29, 1.82) is 0 Å². The highest BCUT2D eigenvalue weighted by Crippen LogP contribution is 2.26. The number of aryl methyl sites for hydroxylation is 4. The molecular weight excluding hydrogens is 1300 g/mol. The predicted octanol–water partition coefficient (Wildman–Crippen LogP) is 11.3. The average Bonchev–Trinajstić information content (AvgIpc) is 3.83. The predicted molar refractivity (Wildman–Crippen MR) is 326 cm³/mol. The lowest BCUT2D eigenvalue weighted by molar-refractivity contribution is -0.141. The van der Waals surface area contributed by atoms with Crippen LogP contribution in [0, 0.1) is 34.8 Å². The van der Waals surface area contributed by atoms with Crippen LogP contribution in [0.4, 0.5) is 22.7 Å². The summed E-state index contributed by atoms with van der Waals surface area (Å²) in [5.41, 5.74) is 18.6. The molecular formula is C53H79ClI2N4O18S. The highest BCUT2D eigenvalue weighted by Gasteiger charge is 2.19. The van der Waals surface area contributed by atoms with Crippen LogP contribution in [0.5, 0.6) is 0 Å². The fourth-order valence-corrected chi connectivity index (χ4v) is 7.11. The summed E-state index contributed by atoms with van der Waals surface area (Å²) in [6.45, 7) is 13.8. The van der Waals surface area contributed by atoms with Gasteiger partial charge < -0.3 is 45.8 Å². The first-order chi connectivity index (χ1) is 34.9. The molecule has 0 saturated carbocycles. The van der Waals surface area contributed by atoms with Crippen LogP contribution in [0.3, 0.4) is 0 Å². The molecule has 0 aromatic heterocycles. The van der Waals surface area contributed by atoms with E-state index in [0.29, 0.717) is 50.6 Å². The van der Waals surface area contributed by atoms with Gasteiger partial charge in [-0.05, 0) is 170 Å². The Balaban J connectivity index is -0.000000209. The first-order valence-electron chi connectivity index (χ1n) is 21.6. The molecule has 446 valence electrons. The first-order valence-corrected chi connectivity index (χ1v) is 25.5. The number of nitrogens with two attached hydrogens (primary N) is 2. The molecule has 4 aromatic carbocycles. The van der Waals surface area contributed by atoms with Crippen molar-refractivity contribution in [3.63, 3.8) is 0 Å². The van der Waals surface area contributed by atoms with Gasteiger partial charge in [-0.25, -0.2) is 28.6 Å². The van der Waals surface area contributed by atoms with Crippen LogP contribution in [0.1, 0.15) is 156 Å². The third kappa shape index (κ3) is 28.8. The van der Waals surface area contributed by atoms with Gasteiger partial charge in [-0.3, -0.25) is 19.2 Å². The summed E-state index contributed by atoms with van der Waals surface area (Å²) in [5, 5.41) is 12.5. The summed E-state index contributed by atoms with van der Waals surface area (Å²) in [5.74, 6) is -2.74. The number of amides is 2. The van der Waals surface area contributed by atoms with Crippen molar-refractivity contribution in [3.8, 4) is 0 Å². The van der Waals surface area contributed by atoms with Gasteiger partial charge in [0, 0.05) is 51.5 Å². The fraction of sp³-hybridized carbons (Fsp3) is 0.396. The summed E-state index contributed by atoms with van der Waals surface area (Å²) < 4.78 is 51.1. The van der Waals surface area contributed by atoms with E-state index in [1.807, 2.05) is 13.8 Å². The maximum atomic E-state index is 11.6. The Morgan fingerprint density at radius 1 is 0.570 bits per heavy atom. The SMILES string of the molecule is C.C.C.C.COC(=O)c1cc(C(C)=O)c(C)cc1N.COC(=O)c1cc(C(C)=O)c(C)cc1NC(C)=O.COC(=O)c1cc(I)c(C)cc1N.COC(=O)c1cc(I)c(C)cc1NC(C)=O.COS(=O)(=O)OO.ClC1CCCO1.[HH]. The Labute approximate surface area is 498 Å². The number of ether oxygens (including phenoxy) is 5. The van der Waals surface area contributed by atoms with E-state index in [2.05, 4.69) is 83.3 Å². The van der Waals surface area contributed by atoms with Crippen molar-refractivity contribution < 1.29 is 85.7 Å². The molecule has 0 aliphatic carbocycles. The Bertz CT molecular complexity index is 2820. The van der Waals surface area contributed by atoms with Crippen LogP contribution in [0.25, 0.3) is 0 Å². The minimum Gasteiger partial charge on any atom is -0.465 e. The van der Waals surface area contributed by atoms with Crippen LogP contribution in [-0.4, -0.2) is 109 Å². The number of alkyl halides is 1. The second kappa shape index (κ2) is 40.4. The van der Waals surface area contributed by atoms with E-state index in [1.165, 1.54) is 68.3 Å².